The van der Waals surface area contributed by atoms with Crippen LogP contribution in [0.25, 0.3) is 0 Å². The van der Waals surface area contributed by atoms with Gasteiger partial charge in [-0.2, -0.15) is 0 Å². The molecule has 6 nitrogen and oxygen atoms in total. The second-order valence-corrected chi connectivity index (χ2v) is 2.39. The minimum absolute atomic E-state index is 0. The third kappa shape index (κ3) is 9.24. The summed E-state index contributed by atoms with van der Waals surface area (Å²) in [5, 5.41) is 8.38. The molecule has 76 valence electrons. The van der Waals surface area contributed by atoms with Crippen LogP contribution in [0.3, 0.4) is 0 Å². The maximum absolute atomic E-state index is 10.2. The van der Waals surface area contributed by atoms with E-state index < -0.39 is 12.0 Å². The van der Waals surface area contributed by atoms with Crippen molar-refractivity contribution in [3.8, 4) is 0 Å². The minimum atomic E-state index is -1.00. The van der Waals surface area contributed by atoms with Crippen LogP contribution in [0.4, 0.5) is 0 Å². The molecule has 0 aromatic carbocycles. The summed E-state index contributed by atoms with van der Waals surface area (Å²) in [5.74, 6) is -0.987. The average Bonchev–Trinajstić information content (AvgIpc) is 1.97. The van der Waals surface area contributed by atoms with Crippen LogP contribution in [-0.2, 0) is 24.3 Å². The number of guanidine groups is 1. The summed E-state index contributed by atoms with van der Waals surface area (Å²) >= 11 is 0. The van der Waals surface area contributed by atoms with Crippen molar-refractivity contribution in [1.29, 1.82) is 0 Å². The largest absolute Gasteiger partial charge is 2.00 e. The van der Waals surface area contributed by atoms with Gasteiger partial charge in [-0.25, -0.2) is 0 Å². The molecule has 7 N–H and O–H groups in total. The van der Waals surface area contributed by atoms with Crippen LogP contribution in [0.2, 0.25) is 0 Å². The van der Waals surface area contributed by atoms with Crippen molar-refractivity contribution in [3.05, 3.63) is 0 Å². The fourth-order valence-corrected chi connectivity index (χ4v) is 0.643. The topological polar surface area (TPSA) is 128 Å². The van der Waals surface area contributed by atoms with Gasteiger partial charge in [0.2, 0.25) is 0 Å². The Balaban J connectivity index is 0. The van der Waals surface area contributed by atoms with Crippen molar-refractivity contribution in [2.45, 2.75) is 18.9 Å². The quantitative estimate of drug-likeness (QED) is 0.209. The normalized spacial score (nSPS) is 11.2. The first kappa shape index (κ1) is 14.8. The van der Waals surface area contributed by atoms with Crippen molar-refractivity contribution in [3.63, 3.8) is 0 Å². The van der Waals surface area contributed by atoms with E-state index in [1.54, 1.807) is 0 Å². The summed E-state index contributed by atoms with van der Waals surface area (Å²) in [4.78, 5) is 13.9. The second-order valence-electron chi connectivity index (χ2n) is 2.39. The van der Waals surface area contributed by atoms with Gasteiger partial charge in [0.25, 0.3) is 0 Å². The Morgan fingerprint density at radius 2 is 2.00 bits per heavy atom. The summed E-state index contributed by atoms with van der Waals surface area (Å²) in [6.45, 7) is 0.420. The van der Waals surface area contributed by atoms with Gasteiger partial charge in [-0.05, 0) is 12.8 Å². The number of hydrogen-bond donors (Lipinski definition) is 4. The van der Waals surface area contributed by atoms with Gasteiger partial charge < -0.3 is 22.3 Å². The predicted octanol–water partition coefficient (Wildman–Crippen LogP) is -1.55. The molecule has 0 spiro atoms. The molecule has 0 aliphatic carbocycles. The molecule has 0 amide bonds. The fourth-order valence-electron chi connectivity index (χ4n) is 0.643. The van der Waals surface area contributed by atoms with E-state index in [0.29, 0.717) is 19.4 Å². The van der Waals surface area contributed by atoms with Gasteiger partial charge in [0.15, 0.2) is 5.96 Å². The van der Waals surface area contributed by atoms with Gasteiger partial charge in [0, 0.05) is 6.54 Å². The first-order valence-electron chi connectivity index (χ1n) is 3.58. The molecule has 0 radical (unpaired) electrons. The summed E-state index contributed by atoms with van der Waals surface area (Å²) in [6, 6.07) is -0.820. The van der Waals surface area contributed by atoms with E-state index in [0.717, 1.165) is 0 Å². The van der Waals surface area contributed by atoms with Crippen LogP contribution in [-0.4, -0.2) is 29.6 Å². The first-order valence-corrected chi connectivity index (χ1v) is 3.58. The zero-order valence-corrected chi connectivity index (χ0v) is 8.83. The number of carboxylic acid groups (broad SMARTS) is 1. The molecule has 1 atom stereocenters. The van der Waals surface area contributed by atoms with E-state index in [2.05, 4.69) is 4.99 Å². The summed E-state index contributed by atoms with van der Waals surface area (Å²) in [7, 11) is 0. The SMILES string of the molecule is NC(N)=NCCCC(N)C(=O)O.[Ru+2]. The number of hydrogen-bond acceptors (Lipinski definition) is 3. The second kappa shape index (κ2) is 7.95. The van der Waals surface area contributed by atoms with E-state index >= 15 is 0 Å². The van der Waals surface area contributed by atoms with Crippen molar-refractivity contribution in [2.24, 2.45) is 22.2 Å². The molecule has 0 heterocycles. The zero-order valence-electron chi connectivity index (χ0n) is 7.09. The predicted molar refractivity (Wildman–Crippen MR) is 45.5 cm³/mol. The molecule has 13 heavy (non-hydrogen) atoms. The zero-order chi connectivity index (χ0) is 9.56. The average molecular weight is 275 g/mol. The molecular formula is C6H14N4O2Ru+2. The number of rotatable bonds is 5. The molecule has 0 saturated carbocycles. The molecule has 0 fully saturated rings. The fraction of sp³-hybridized carbons (Fsp3) is 0.667. The third-order valence-electron chi connectivity index (χ3n) is 1.28. The van der Waals surface area contributed by atoms with E-state index in [4.69, 9.17) is 22.3 Å². The Hall–Kier alpha value is -0.677. The smallest absolute Gasteiger partial charge is 0.480 e. The Kier molecular flexibility index (Phi) is 9.06. The number of nitrogens with zero attached hydrogens (tertiary/aromatic N) is 1. The molecular weight excluding hydrogens is 261 g/mol. The van der Waals surface area contributed by atoms with Crippen LogP contribution < -0.4 is 17.2 Å². The Labute approximate surface area is 89.3 Å². The summed E-state index contributed by atoms with van der Waals surface area (Å²) in [5.41, 5.74) is 15.3. The van der Waals surface area contributed by atoms with E-state index in [1.165, 1.54) is 0 Å². The summed E-state index contributed by atoms with van der Waals surface area (Å²) < 4.78 is 0. The number of carbonyl (C=O) groups is 1. The first-order chi connectivity index (χ1) is 5.54. The molecule has 0 rings (SSSR count). The number of nitrogens with two attached hydrogens (primary N) is 3. The molecule has 0 aromatic rings. The van der Waals surface area contributed by atoms with Crippen LogP contribution in [0.5, 0.6) is 0 Å². The van der Waals surface area contributed by atoms with Crippen LogP contribution >= 0.6 is 0 Å². The van der Waals surface area contributed by atoms with Gasteiger partial charge in [0.05, 0.1) is 0 Å². The maximum atomic E-state index is 10.2. The van der Waals surface area contributed by atoms with E-state index in [-0.39, 0.29) is 25.4 Å². The third-order valence-corrected chi connectivity index (χ3v) is 1.28. The van der Waals surface area contributed by atoms with Crippen molar-refractivity contribution < 1.29 is 29.4 Å². The summed E-state index contributed by atoms with van der Waals surface area (Å²) in [6.07, 6.45) is 0.956. The molecule has 0 aromatic heterocycles. The maximum Gasteiger partial charge on any atom is 2.00 e. The van der Waals surface area contributed by atoms with Crippen LogP contribution in [0.1, 0.15) is 12.8 Å². The number of aliphatic carboxylic acids is 1. The Bertz CT molecular complexity index is 181. The van der Waals surface area contributed by atoms with Gasteiger partial charge in [-0.3, -0.25) is 9.79 Å². The van der Waals surface area contributed by atoms with Crippen LogP contribution in [0, 0.1) is 0 Å². The monoisotopic (exact) mass is 276 g/mol. The molecule has 1 unspecified atom stereocenters. The van der Waals surface area contributed by atoms with Crippen molar-refractivity contribution in [2.75, 3.05) is 6.54 Å². The van der Waals surface area contributed by atoms with Gasteiger partial charge in [-0.15, -0.1) is 0 Å². The van der Waals surface area contributed by atoms with Gasteiger partial charge in [-0.1, -0.05) is 0 Å². The molecule has 7 heteroatoms. The Morgan fingerprint density at radius 1 is 1.46 bits per heavy atom. The van der Waals surface area contributed by atoms with E-state index in [1.807, 2.05) is 0 Å². The Morgan fingerprint density at radius 3 is 2.38 bits per heavy atom. The molecule has 0 aliphatic rings. The van der Waals surface area contributed by atoms with Gasteiger partial charge in [0.1, 0.15) is 6.04 Å². The van der Waals surface area contributed by atoms with Crippen molar-refractivity contribution in [1.82, 2.24) is 0 Å². The standard InChI is InChI=1S/C6H14N4O2.Ru/c7-4(5(11)12)2-1-3-10-6(8)9;/h4H,1-3,7H2,(H,11,12)(H4,8,9,10);/q;+2. The number of aliphatic imine (C=N–C) groups is 1. The van der Waals surface area contributed by atoms with Crippen LogP contribution in [0.15, 0.2) is 4.99 Å². The molecule has 0 saturated heterocycles. The van der Waals surface area contributed by atoms with E-state index in [9.17, 15) is 4.79 Å². The van der Waals surface area contributed by atoms with Crippen molar-refractivity contribution >= 4 is 11.9 Å². The minimum Gasteiger partial charge on any atom is -0.480 e. The van der Waals surface area contributed by atoms with Gasteiger partial charge >= 0.3 is 25.4 Å². The molecule has 0 aliphatic heterocycles. The number of carboxylic acids is 1. The molecule has 0 bridgehead atoms.